The van der Waals surface area contributed by atoms with Gasteiger partial charge >= 0.3 is 5.97 Å². The number of nitrogens with one attached hydrogen (secondary N) is 1. The zero-order chi connectivity index (χ0) is 25.1. The van der Waals surface area contributed by atoms with E-state index in [1.807, 2.05) is 49.4 Å². The number of esters is 1. The lowest BCUT2D eigenvalue weighted by atomic mass is 10.1. The Morgan fingerprint density at radius 2 is 1.97 bits per heavy atom. The summed E-state index contributed by atoms with van der Waals surface area (Å²) in [6.45, 7) is 1.31. The molecule has 0 bridgehead atoms. The Bertz CT molecular complexity index is 1480. The second-order valence-corrected chi connectivity index (χ2v) is 8.04. The Morgan fingerprint density at radius 3 is 2.75 bits per heavy atom. The van der Waals surface area contributed by atoms with E-state index in [0.717, 1.165) is 11.4 Å². The number of hydrogen-bond acceptors (Lipinski definition) is 7. The van der Waals surface area contributed by atoms with Crippen molar-refractivity contribution in [3.05, 3.63) is 89.8 Å². The van der Waals surface area contributed by atoms with Crippen LogP contribution in [0.3, 0.4) is 0 Å². The predicted octanol–water partition coefficient (Wildman–Crippen LogP) is 4.21. The van der Waals surface area contributed by atoms with Crippen LogP contribution >= 0.6 is 0 Å². The Hall–Kier alpha value is -4.92. The number of para-hydroxylation sites is 1. The summed E-state index contributed by atoms with van der Waals surface area (Å²) in [5, 5.41) is 7.26. The zero-order valence-electron chi connectivity index (χ0n) is 19.3. The van der Waals surface area contributed by atoms with Gasteiger partial charge < -0.3 is 19.2 Å². The average Bonchev–Trinajstić information content (AvgIpc) is 3.52. The lowest BCUT2D eigenvalue weighted by Gasteiger charge is -2.18. The van der Waals surface area contributed by atoms with Crippen LogP contribution in [0.4, 0.5) is 5.69 Å². The van der Waals surface area contributed by atoms with E-state index in [1.54, 1.807) is 29.1 Å². The third-order valence-corrected chi connectivity index (χ3v) is 5.42. The lowest BCUT2D eigenvalue weighted by molar-refractivity contribution is -0.136. The standard InChI is InChI=1S/C27H21N3O6/c1-17-7-10-24(36-17)27-19(14-30(29-27)20-5-3-2-4-6-20)9-12-26(33)35-15-22(31)18-8-11-23-21(13-18)28-25(32)16-34-23/h2-14H,15-16H2,1H3,(H,28,32)/b12-9+. The number of amides is 1. The summed E-state index contributed by atoms with van der Waals surface area (Å²) in [7, 11) is 0. The average molecular weight is 483 g/mol. The number of hydrogen-bond donors (Lipinski definition) is 1. The maximum absolute atomic E-state index is 12.5. The minimum absolute atomic E-state index is 0.0737. The molecular formula is C27H21N3O6. The highest BCUT2D eigenvalue weighted by molar-refractivity contribution is 6.02. The number of Topliss-reactive ketones (excluding diaryl/α,β-unsaturated/α-hetero) is 1. The number of ketones is 1. The van der Waals surface area contributed by atoms with E-state index < -0.39 is 18.4 Å². The smallest absolute Gasteiger partial charge is 0.331 e. The highest BCUT2D eigenvalue weighted by Gasteiger charge is 2.19. The number of furan rings is 1. The molecule has 2 aromatic carbocycles. The van der Waals surface area contributed by atoms with Gasteiger partial charge in [-0.3, -0.25) is 9.59 Å². The van der Waals surface area contributed by atoms with Crippen molar-refractivity contribution in [3.63, 3.8) is 0 Å². The van der Waals surface area contributed by atoms with Crippen molar-refractivity contribution in [2.45, 2.75) is 6.92 Å². The van der Waals surface area contributed by atoms with Crippen molar-refractivity contribution in [2.24, 2.45) is 0 Å². The van der Waals surface area contributed by atoms with Gasteiger partial charge in [0.2, 0.25) is 0 Å². The van der Waals surface area contributed by atoms with Crippen LogP contribution in [0.5, 0.6) is 5.75 Å². The van der Waals surface area contributed by atoms with Gasteiger partial charge in [0.15, 0.2) is 24.8 Å². The zero-order valence-corrected chi connectivity index (χ0v) is 19.3. The van der Waals surface area contributed by atoms with Gasteiger partial charge in [-0.05, 0) is 55.5 Å². The second kappa shape index (κ2) is 9.75. The summed E-state index contributed by atoms with van der Waals surface area (Å²) >= 11 is 0. The van der Waals surface area contributed by atoms with E-state index in [4.69, 9.17) is 13.9 Å². The molecule has 0 unspecified atom stereocenters. The van der Waals surface area contributed by atoms with Gasteiger partial charge in [0, 0.05) is 23.4 Å². The van der Waals surface area contributed by atoms with Crippen LogP contribution in [-0.4, -0.2) is 40.7 Å². The monoisotopic (exact) mass is 483 g/mol. The first-order valence-electron chi connectivity index (χ1n) is 11.1. The Labute approximate surface area is 205 Å². The number of carbonyl (C=O) groups excluding carboxylic acids is 3. The minimum atomic E-state index is -0.688. The van der Waals surface area contributed by atoms with Crippen molar-refractivity contribution in [1.82, 2.24) is 9.78 Å². The Morgan fingerprint density at radius 1 is 1.14 bits per heavy atom. The van der Waals surface area contributed by atoms with Gasteiger partial charge in [0.1, 0.15) is 17.2 Å². The number of rotatable bonds is 7. The third kappa shape index (κ3) is 4.95. The number of nitrogens with zero attached hydrogens (tertiary/aromatic N) is 2. The molecule has 36 heavy (non-hydrogen) atoms. The fourth-order valence-corrected chi connectivity index (χ4v) is 3.66. The first-order valence-corrected chi connectivity index (χ1v) is 11.1. The van der Waals surface area contributed by atoms with Crippen LogP contribution in [0.2, 0.25) is 0 Å². The fourth-order valence-electron chi connectivity index (χ4n) is 3.66. The third-order valence-electron chi connectivity index (χ3n) is 5.42. The largest absolute Gasteiger partial charge is 0.482 e. The van der Waals surface area contributed by atoms with Gasteiger partial charge in [-0.25, -0.2) is 9.48 Å². The molecule has 0 radical (unpaired) electrons. The van der Waals surface area contributed by atoms with Gasteiger partial charge in [-0.1, -0.05) is 18.2 Å². The molecule has 1 N–H and O–H groups in total. The summed E-state index contributed by atoms with van der Waals surface area (Å²) in [6.07, 6.45) is 4.58. The quantitative estimate of drug-likeness (QED) is 0.238. The summed E-state index contributed by atoms with van der Waals surface area (Å²) in [5.74, 6) is 0.372. The van der Waals surface area contributed by atoms with Crippen LogP contribution in [-0.2, 0) is 14.3 Å². The number of anilines is 1. The maximum Gasteiger partial charge on any atom is 0.331 e. The van der Waals surface area contributed by atoms with E-state index in [1.165, 1.54) is 12.1 Å². The number of ether oxygens (including phenoxy) is 2. The van der Waals surface area contributed by atoms with Crippen molar-refractivity contribution in [2.75, 3.05) is 18.5 Å². The van der Waals surface area contributed by atoms with Crippen LogP contribution in [0.25, 0.3) is 23.2 Å². The molecule has 0 atom stereocenters. The number of aromatic nitrogens is 2. The lowest BCUT2D eigenvalue weighted by Crippen LogP contribution is -2.25. The van der Waals surface area contributed by atoms with Crippen LogP contribution < -0.4 is 10.1 Å². The molecule has 0 fully saturated rings. The molecule has 9 nitrogen and oxygen atoms in total. The number of benzene rings is 2. The molecular weight excluding hydrogens is 462 g/mol. The molecule has 1 amide bonds. The molecule has 1 aliphatic heterocycles. The highest BCUT2D eigenvalue weighted by Crippen LogP contribution is 2.29. The Kier molecular flexibility index (Phi) is 6.19. The topological polar surface area (TPSA) is 113 Å². The molecule has 180 valence electrons. The van der Waals surface area contributed by atoms with E-state index in [2.05, 4.69) is 10.4 Å². The molecule has 9 heteroatoms. The number of carbonyl (C=O) groups is 3. The molecule has 5 rings (SSSR count). The number of aryl methyl sites for hydroxylation is 1. The van der Waals surface area contributed by atoms with E-state index >= 15 is 0 Å². The summed E-state index contributed by atoms with van der Waals surface area (Å²) in [6, 6.07) is 17.8. The molecule has 3 heterocycles. The van der Waals surface area contributed by atoms with Crippen LogP contribution in [0.15, 0.2) is 77.4 Å². The van der Waals surface area contributed by atoms with E-state index in [0.29, 0.717) is 28.5 Å². The maximum atomic E-state index is 12.5. The minimum Gasteiger partial charge on any atom is -0.482 e. The second-order valence-electron chi connectivity index (χ2n) is 8.04. The SMILES string of the molecule is Cc1ccc(-c2nn(-c3ccccc3)cc2/C=C/C(=O)OCC(=O)c2ccc3c(c2)NC(=O)CO3)o1. The van der Waals surface area contributed by atoms with Crippen LogP contribution in [0.1, 0.15) is 21.7 Å². The first kappa shape index (κ1) is 22.9. The Balaban J connectivity index is 1.29. The van der Waals surface area contributed by atoms with Crippen molar-refractivity contribution in [1.29, 1.82) is 0 Å². The predicted molar refractivity (Wildman–Crippen MR) is 131 cm³/mol. The summed E-state index contributed by atoms with van der Waals surface area (Å²) in [5.41, 5.74) is 2.74. The molecule has 0 saturated heterocycles. The van der Waals surface area contributed by atoms with Crippen LogP contribution in [0, 0.1) is 6.92 Å². The fraction of sp³-hybridized carbons (Fsp3) is 0.111. The van der Waals surface area contributed by atoms with Gasteiger partial charge in [0.25, 0.3) is 5.91 Å². The molecule has 2 aromatic heterocycles. The summed E-state index contributed by atoms with van der Waals surface area (Å²) < 4.78 is 17.9. The van der Waals surface area contributed by atoms with Crippen molar-refractivity contribution >= 4 is 29.4 Å². The normalized spacial score (nSPS) is 12.6. The van der Waals surface area contributed by atoms with Gasteiger partial charge in [0.05, 0.1) is 11.4 Å². The molecule has 0 saturated carbocycles. The molecule has 0 spiro atoms. The summed E-state index contributed by atoms with van der Waals surface area (Å²) in [4.78, 5) is 36.4. The van der Waals surface area contributed by atoms with E-state index in [9.17, 15) is 14.4 Å². The molecule has 4 aromatic rings. The van der Waals surface area contributed by atoms with Gasteiger partial charge in [-0.15, -0.1) is 0 Å². The highest BCUT2D eigenvalue weighted by atomic mass is 16.5. The van der Waals surface area contributed by atoms with Crippen molar-refractivity contribution < 1.29 is 28.3 Å². The molecule has 1 aliphatic rings. The van der Waals surface area contributed by atoms with Gasteiger partial charge in [-0.2, -0.15) is 5.10 Å². The molecule has 0 aliphatic carbocycles. The first-order chi connectivity index (χ1) is 17.5. The van der Waals surface area contributed by atoms with Crippen molar-refractivity contribution in [3.8, 4) is 22.9 Å². The van der Waals surface area contributed by atoms with E-state index in [-0.39, 0.29) is 18.1 Å². The number of fused-ring (bicyclic) bond motifs is 1.